The van der Waals surface area contributed by atoms with E-state index in [0.717, 1.165) is 6.66 Å². The van der Waals surface area contributed by atoms with E-state index in [4.69, 9.17) is 21.8 Å². The van der Waals surface area contributed by atoms with Gasteiger partial charge in [0.15, 0.2) is 6.29 Å². The summed E-state index contributed by atoms with van der Waals surface area (Å²) in [6, 6.07) is -0.743. The maximum atomic E-state index is 10.8. The monoisotopic (exact) mass is 205 g/mol. The maximum absolute atomic E-state index is 10.8. The predicted molar refractivity (Wildman–Crippen MR) is 44.4 cm³/mol. The second kappa shape index (κ2) is 4.11. The molecule has 0 aromatic heterocycles. The summed E-state index contributed by atoms with van der Waals surface area (Å²) in [5.41, 5.74) is 0. The largest absolute Gasteiger partial charge is 0.779 e. The lowest BCUT2D eigenvalue weighted by Gasteiger charge is -2.24. The highest BCUT2D eigenvalue weighted by molar-refractivity contribution is 7.50. The molecule has 1 rings (SSSR count). The SMILES string of the molecule is [B][C@@H]1O[C@H](OC)CC1OP(C)(=O)[O-]. The minimum atomic E-state index is -3.75. The highest BCUT2D eigenvalue weighted by atomic mass is 31.2. The molecule has 2 unspecified atom stereocenters. The lowest BCUT2D eigenvalue weighted by Crippen LogP contribution is -2.25. The molecular weight excluding hydrogens is 194 g/mol. The summed E-state index contributed by atoms with van der Waals surface area (Å²) < 4.78 is 25.4. The molecule has 0 aromatic rings. The summed E-state index contributed by atoms with van der Waals surface area (Å²) in [6.45, 7) is 1.000. The first-order valence-electron chi connectivity index (χ1n) is 3.83. The predicted octanol–water partition coefficient (Wildman–Crippen LogP) is -0.558. The van der Waals surface area contributed by atoms with Gasteiger partial charge in [0.2, 0.25) is 0 Å². The molecule has 1 heterocycles. The smallest absolute Gasteiger partial charge is 0.159 e. The number of rotatable bonds is 3. The third-order valence-electron chi connectivity index (χ3n) is 1.69. The quantitative estimate of drug-likeness (QED) is 0.456. The summed E-state index contributed by atoms with van der Waals surface area (Å²) in [7, 11) is 3.17. The van der Waals surface area contributed by atoms with E-state index in [2.05, 4.69) is 0 Å². The molecule has 0 aromatic carbocycles. The van der Waals surface area contributed by atoms with Crippen molar-refractivity contribution in [3.8, 4) is 0 Å². The van der Waals surface area contributed by atoms with Crippen LogP contribution in [0.4, 0.5) is 0 Å². The van der Waals surface area contributed by atoms with Crippen LogP contribution in [-0.2, 0) is 18.6 Å². The van der Waals surface area contributed by atoms with Crippen LogP contribution in [0.15, 0.2) is 0 Å². The fourth-order valence-electron chi connectivity index (χ4n) is 1.14. The summed E-state index contributed by atoms with van der Waals surface area (Å²) in [4.78, 5) is 10.8. The molecule has 4 atom stereocenters. The second-order valence-corrected chi connectivity index (χ2v) is 4.67. The molecule has 0 aliphatic carbocycles. The van der Waals surface area contributed by atoms with E-state index >= 15 is 0 Å². The average Bonchev–Trinajstić information content (AvgIpc) is 2.29. The lowest BCUT2D eigenvalue weighted by molar-refractivity contribution is -0.200. The Kier molecular flexibility index (Phi) is 3.54. The molecule has 0 amide bonds. The van der Waals surface area contributed by atoms with Gasteiger partial charge in [-0.1, -0.05) is 0 Å². The van der Waals surface area contributed by atoms with Gasteiger partial charge in [0.1, 0.15) is 15.4 Å². The Labute approximate surface area is 78.3 Å². The van der Waals surface area contributed by atoms with Gasteiger partial charge in [-0.25, -0.2) is 0 Å². The first-order valence-corrected chi connectivity index (χ1v) is 5.82. The van der Waals surface area contributed by atoms with Crippen LogP contribution in [0, 0.1) is 0 Å². The van der Waals surface area contributed by atoms with Crippen LogP contribution in [0.25, 0.3) is 0 Å². The molecule has 0 spiro atoms. The van der Waals surface area contributed by atoms with Crippen LogP contribution < -0.4 is 4.89 Å². The summed E-state index contributed by atoms with van der Waals surface area (Å²) in [5.74, 6) is 0. The zero-order chi connectivity index (χ0) is 10.1. The van der Waals surface area contributed by atoms with Crippen molar-refractivity contribution in [3.05, 3.63) is 0 Å². The standard InChI is InChI=1S/C6H12BO5P/c1-10-5-3-4(6(7)11-5)12-13(2,8)9/h4-6H,3H2,1-2H3,(H,8,9)/p-1/t4?,5-,6+/m0/s1. The van der Waals surface area contributed by atoms with Crippen molar-refractivity contribution in [2.45, 2.75) is 24.8 Å². The van der Waals surface area contributed by atoms with Crippen molar-refractivity contribution in [2.24, 2.45) is 0 Å². The molecule has 1 fully saturated rings. The van der Waals surface area contributed by atoms with Crippen molar-refractivity contribution in [3.63, 3.8) is 0 Å². The number of hydrogen-bond donors (Lipinski definition) is 0. The van der Waals surface area contributed by atoms with Crippen LogP contribution in [0.2, 0.25) is 0 Å². The van der Waals surface area contributed by atoms with Crippen molar-refractivity contribution < 1.29 is 23.5 Å². The van der Waals surface area contributed by atoms with E-state index in [1.165, 1.54) is 7.11 Å². The maximum Gasteiger partial charge on any atom is 0.159 e. The first kappa shape index (κ1) is 11.2. The molecule has 5 nitrogen and oxygen atoms in total. The van der Waals surface area contributed by atoms with E-state index < -0.39 is 26.0 Å². The Balaban J connectivity index is 2.48. The fraction of sp³-hybridized carbons (Fsp3) is 1.00. The summed E-state index contributed by atoms with van der Waals surface area (Å²) in [6.07, 6.45) is -0.789. The number of ether oxygens (including phenoxy) is 2. The molecule has 2 radical (unpaired) electrons. The lowest BCUT2D eigenvalue weighted by atomic mass is 9.95. The Morgan fingerprint density at radius 1 is 1.69 bits per heavy atom. The Hall–Kier alpha value is 0.135. The van der Waals surface area contributed by atoms with Crippen LogP contribution in [0.1, 0.15) is 6.42 Å². The molecule has 7 heteroatoms. The minimum Gasteiger partial charge on any atom is -0.779 e. The highest BCUT2D eigenvalue weighted by Gasteiger charge is 2.33. The van der Waals surface area contributed by atoms with E-state index in [0.29, 0.717) is 6.42 Å². The van der Waals surface area contributed by atoms with Crippen molar-refractivity contribution in [1.82, 2.24) is 0 Å². The van der Waals surface area contributed by atoms with Gasteiger partial charge < -0.3 is 23.5 Å². The third kappa shape index (κ3) is 3.40. The van der Waals surface area contributed by atoms with Gasteiger partial charge in [0, 0.05) is 26.2 Å². The van der Waals surface area contributed by atoms with Crippen molar-refractivity contribution in [1.29, 1.82) is 0 Å². The van der Waals surface area contributed by atoms with Gasteiger partial charge in [-0.15, -0.1) is 0 Å². The molecule has 1 aliphatic rings. The van der Waals surface area contributed by atoms with Crippen LogP contribution >= 0.6 is 7.60 Å². The molecule has 0 bridgehead atoms. The Bertz CT molecular complexity index is 217. The first-order chi connectivity index (χ1) is 5.92. The van der Waals surface area contributed by atoms with E-state index in [9.17, 15) is 9.46 Å². The molecule has 1 aliphatic heterocycles. The van der Waals surface area contributed by atoms with E-state index in [1.807, 2.05) is 0 Å². The zero-order valence-corrected chi connectivity index (χ0v) is 8.40. The zero-order valence-electron chi connectivity index (χ0n) is 7.50. The Morgan fingerprint density at radius 3 is 2.69 bits per heavy atom. The third-order valence-corrected chi connectivity index (χ3v) is 2.34. The molecule has 0 N–H and O–H groups in total. The molecule has 13 heavy (non-hydrogen) atoms. The summed E-state index contributed by atoms with van der Waals surface area (Å²) in [5, 5.41) is 0. The van der Waals surface area contributed by atoms with E-state index in [-0.39, 0.29) is 0 Å². The second-order valence-electron chi connectivity index (χ2n) is 2.92. The molecule has 74 valence electrons. The van der Waals surface area contributed by atoms with Crippen LogP contribution in [-0.4, -0.2) is 40.0 Å². The fourth-order valence-corrected chi connectivity index (χ4v) is 1.84. The number of methoxy groups -OCH3 is 1. The molecule has 0 saturated carbocycles. The normalized spacial score (nSPS) is 38.8. The Morgan fingerprint density at radius 2 is 2.31 bits per heavy atom. The van der Waals surface area contributed by atoms with Gasteiger partial charge in [0.05, 0.1) is 6.10 Å². The van der Waals surface area contributed by atoms with Crippen LogP contribution in [0.5, 0.6) is 0 Å². The van der Waals surface area contributed by atoms with Gasteiger partial charge in [-0.05, 0) is 0 Å². The topological polar surface area (TPSA) is 67.8 Å². The molecular formula is C6H11BO5P-. The van der Waals surface area contributed by atoms with E-state index in [1.54, 1.807) is 0 Å². The molecule has 1 saturated heterocycles. The van der Waals surface area contributed by atoms with Gasteiger partial charge >= 0.3 is 0 Å². The van der Waals surface area contributed by atoms with Gasteiger partial charge in [-0.2, -0.15) is 0 Å². The van der Waals surface area contributed by atoms with Gasteiger partial charge in [0.25, 0.3) is 0 Å². The van der Waals surface area contributed by atoms with Crippen LogP contribution in [0.3, 0.4) is 0 Å². The minimum absolute atomic E-state index is 0.331. The van der Waals surface area contributed by atoms with Gasteiger partial charge in [-0.3, -0.25) is 0 Å². The summed E-state index contributed by atoms with van der Waals surface area (Å²) >= 11 is 0. The van der Waals surface area contributed by atoms with Crippen molar-refractivity contribution >= 4 is 15.4 Å². The van der Waals surface area contributed by atoms with Crippen molar-refractivity contribution in [2.75, 3.05) is 13.8 Å². The average molecular weight is 205 g/mol. The highest BCUT2D eigenvalue weighted by Crippen LogP contribution is 2.37. The number of hydrogen-bond acceptors (Lipinski definition) is 5.